The Morgan fingerprint density at radius 2 is 1.95 bits per heavy atom. The van der Waals surface area contributed by atoms with Crippen LogP contribution in [-0.2, 0) is 9.53 Å². The van der Waals surface area contributed by atoms with Gasteiger partial charge in [0, 0.05) is 25.9 Å². The predicted molar refractivity (Wildman–Crippen MR) is 77.8 cm³/mol. The molecule has 1 rings (SSSR count). The van der Waals surface area contributed by atoms with Crippen LogP contribution in [0.5, 0.6) is 0 Å². The number of anilines is 1. The van der Waals surface area contributed by atoms with Gasteiger partial charge in [0.05, 0.1) is 18.7 Å². The van der Waals surface area contributed by atoms with Crippen LogP contribution in [0.3, 0.4) is 0 Å². The van der Waals surface area contributed by atoms with E-state index in [0.717, 1.165) is 12.2 Å². The molecule has 0 atom stereocenters. The summed E-state index contributed by atoms with van der Waals surface area (Å²) in [6, 6.07) is 7.19. The first-order valence-electron chi connectivity index (χ1n) is 6.55. The molecule has 0 aliphatic carbocycles. The van der Waals surface area contributed by atoms with E-state index in [9.17, 15) is 9.59 Å². The number of amides is 2. The zero-order chi connectivity index (χ0) is 14.8. The molecule has 0 aromatic heterocycles. The number of methoxy groups -OCH3 is 1. The number of nitrogens with one attached hydrogen (secondary N) is 3. The number of benzene rings is 1. The zero-order valence-electron chi connectivity index (χ0n) is 11.9. The van der Waals surface area contributed by atoms with Crippen molar-refractivity contribution < 1.29 is 14.3 Å². The van der Waals surface area contributed by atoms with Crippen LogP contribution in [0.15, 0.2) is 24.3 Å². The van der Waals surface area contributed by atoms with E-state index >= 15 is 0 Å². The average Bonchev–Trinajstić information content (AvgIpc) is 2.46. The minimum atomic E-state index is -0.275. The highest BCUT2D eigenvalue weighted by Crippen LogP contribution is 2.14. The molecule has 110 valence electrons. The first-order valence-corrected chi connectivity index (χ1v) is 6.55. The smallest absolute Gasteiger partial charge is 0.253 e. The molecule has 0 spiro atoms. The van der Waals surface area contributed by atoms with Crippen LogP contribution in [0.25, 0.3) is 0 Å². The van der Waals surface area contributed by atoms with E-state index in [1.165, 1.54) is 0 Å². The second-order valence-corrected chi connectivity index (χ2v) is 4.10. The zero-order valence-corrected chi connectivity index (χ0v) is 11.9. The van der Waals surface area contributed by atoms with Crippen molar-refractivity contribution in [3.05, 3.63) is 29.8 Å². The van der Waals surface area contributed by atoms with Gasteiger partial charge in [0.1, 0.15) is 0 Å². The van der Waals surface area contributed by atoms with Gasteiger partial charge in [0.2, 0.25) is 5.91 Å². The minimum Gasteiger partial charge on any atom is -0.385 e. The van der Waals surface area contributed by atoms with Crippen molar-refractivity contribution in [1.82, 2.24) is 10.6 Å². The van der Waals surface area contributed by atoms with E-state index in [4.69, 9.17) is 4.74 Å². The van der Waals surface area contributed by atoms with Crippen LogP contribution in [0, 0.1) is 0 Å². The number of hydrogen-bond acceptors (Lipinski definition) is 4. The Kier molecular flexibility index (Phi) is 7.13. The van der Waals surface area contributed by atoms with Gasteiger partial charge in [-0.3, -0.25) is 9.59 Å². The Morgan fingerprint density at radius 3 is 2.65 bits per heavy atom. The second kappa shape index (κ2) is 8.92. The van der Waals surface area contributed by atoms with Gasteiger partial charge in [-0.15, -0.1) is 0 Å². The summed E-state index contributed by atoms with van der Waals surface area (Å²) in [5, 5.41) is 8.34. The van der Waals surface area contributed by atoms with Crippen LogP contribution in [0.2, 0.25) is 0 Å². The third-order valence-electron chi connectivity index (χ3n) is 2.58. The van der Waals surface area contributed by atoms with E-state index in [1.807, 2.05) is 19.1 Å². The van der Waals surface area contributed by atoms with Crippen LogP contribution < -0.4 is 16.0 Å². The molecule has 0 radical (unpaired) electrons. The van der Waals surface area contributed by atoms with Crippen LogP contribution in [-0.4, -0.2) is 45.2 Å². The van der Waals surface area contributed by atoms with Crippen LogP contribution >= 0.6 is 0 Å². The fourth-order valence-corrected chi connectivity index (χ4v) is 1.64. The molecule has 0 aliphatic rings. The summed E-state index contributed by atoms with van der Waals surface area (Å²) in [7, 11) is 1.56. The molecule has 3 N–H and O–H groups in total. The van der Waals surface area contributed by atoms with Gasteiger partial charge in [0.15, 0.2) is 0 Å². The summed E-state index contributed by atoms with van der Waals surface area (Å²) >= 11 is 0. The van der Waals surface area contributed by atoms with Crippen LogP contribution in [0.4, 0.5) is 5.69 Å². The van der Waals surface area contributed by atoms with E-state index in [2.05, 4.69) is 16.0 Å². The highest BCUT2D eigenvalue weighted by molar-refractivity contribution is 6.01. The lowest BCUT2D eigenvalue weighted by Gasteiger charge is -2.11. The van der Waals surface area contributed by atoms with E-state index in [1.54, 1.807) is 19.2 Å². The molecule has 0 heterocycles. The van der Waals surface area contributed by atoms with Gasteiger partial charge in [-0.05, 0) is 19.1 Å². The van der Waals surface area contributed by atoms with Gasteiger partial charge >= 0.3 is 0 Å². The summed E-state index contributed by atoms with van der Waals surface area (Å²) in [6.07, 6.45) is 0. The Labute approximate surface area is 118 Å². The normalized spacial score (nSPS) is 9.90. The minimum absolute atomic E-state index is 0.0526. The molecule has 0 bridgehead atoms. The SMILES string of the molecule is CCNc1ccccc1C(=O)NCC(=O)NCCOC. The molecule has 1 aromatic carbocycles. The summed E-state index contributed by atoms with van der Waals surface area (Å²) < 4.78 is 4.82. The maximum atomic E-state index is 12.0. The highest BCUT2D eigenvalue weighted by atomic mass is 16.5. The number of rotatable bonds is 8. The first kappa shape index (κ1) is 16.0. The molecule has 0 unspecified atom stereocenters. The van der Waals surface area contributed by atoms with E-state index < -0.39 is 0 Å². The van der Waals surface area contributed by atoms with Crippen molar-refractivity contribution in [2.75, 3.05) is 38.7 Å². The predicted octanol–water partition coefficient (Wildman–Crippen LogP) is 0.611. The molecule has 20 heavy (non-hydrogen) atoms. The second-order valence-electron chi connectivity index (χ2n) is 4.10. The molecular weight excluding hydrogens is 258 g/mol. The molecule has 2 amide bonds. The van der Waals surface area contributed by atoms with Gasteiger partial charge in [-0.2, -0.15) is 0 Å². The monoisotopic (exact) mass is 279 g/mol. The van der Waals surface area contributed by atoms with E-state index in [-0.39, 0.29) is 18.4 Å². The maximum absolute atomic E-state index is 12.0. The molecule has 1 aromatic rings. The van der Waals surface area contributed by atoms with Crippen molar-refractivity contribution in [2.24, 2.45) is 0 Å². The molecule has 6 heteroatoms. The summed E-state index contributed by atoms with van der Waals surface area (Å²) in [5.74, 6) is -0.514. The molecule has 0 saturated carbocycles. The molecule has 0 fully saturated rings. The molecule has 0 aliphatic heterocycles. The number of para-hydroxylation sites is 1. The van der Waals surface area contributed by atoms with Gasteiger partial charge in [-0.1, -0.05) is 12.1 Å². The van der Waals surface area contributed by atoms with E-state index in [0.29, 0.717) is 18.7 Å². The Bertz CT molecular complexity index is 449. The number of carbonyl (C=O) groups excluding carboxylic acids is 2. The Morgan fingerprint density at radius 1 is 1.20 bits per heavy atom. The maximum Gasteiger partial charge on any atom is 0.253 e. The third-order valence-corrected chi connectivity index (χ3v) is 2.58. The lowest BCUT2D eigenvalue weighted by Crippen LogP contribution is -2.38. The average molecular weight is 279 g/mol. The third kappa shape index (κ3) is 5.27. The largest absolute Gasteiger partial charge is 0.385 e. The summed E-state index contributed by atoms with van der Waals surface area (Å²) in [5.41, 5.74) is 1.28. The Balaban J connectivity index is 2.48. The van der Waals surface area contributed by atoms with Crippen molar-refractivity contribution in [2.45, 2.75) is 6.92 Å². The summed E-state index contributed by atoms with van der Waals surface area (Å²) in [6.45, 7) is 3.50. The van der Waals surface area contributed by atoms with Gasteiger partial charge in [-0.25, -0.2) is 0 Å². The van der Waals surface area contributed by atoms with Crippen molar-refractivity contribution in [1.29, 1.82) is 0 Å². The summed E-state index contributed by atoms with van der Waals surface area (Å²) in [4.78, 5) is 23.5. The molecular formula is C14H21N3O3. The highest BCUT2D eigenvalue weighted by Gasteiger charge is 2.11. The Hall–Kier alpha value is -2.08. The quantitative estimate of drug-likeness (QED) is 0.609. The lowest BCUT2D eigenvalue weighted by atomic mass is 10.1. The number of ether oxygens (including phenoxy) is 1. The van der Waals surface area contributed by atoms with Crippen molar-refractivity contribution in [3.63, 3.8) is 0 Å². The number of carbonyl (C=O) groups is 2. The molecule has 6 nitrogen and oxygen atoms in total. The van der Waals surface area contributed by atoms with Gasteiger partial charge < -0.3 is 20.7 Å². The first-order chi connectivity index (χ1) is 9.69. The van der Waals surface area contributed by atoms with Crippen molar-refractivity contribution >= 4 is 17.5 Å². The fourth-order valence-electron chi connectivity index (χ4n) is 1.64. The fraction of sp³-hybridized carbons (Fsp3) is 0.429. The standard InChI is InChI=1S/C14H21N3O3/c1-3-15-12-7-5-4-6-11(12)14(19)17-10-13(18)16-8-9-20-2/h4-7,15H,3,8-10H2,1-2H3,(H,16,18)(H,17,19). The molecule has 0 saturated heterocycles. The number of hydrogen-bond donors (Lipinski definition) is 3. The van der Waals surface area contributed by atoms with Crippen molar-refractivity contribution in [3.8, 4) is 0 Å². The van der Waals surface area contributed by atoms with Gasteiger partial charge in [0.25, 0.3) is 5.91 Å². The van der Waals surface area contributed by atoms with Crippen LogP contribution in [0.1, 0.15) is 17.3 Å². The topological polar surface area (TPSA) is 79.5 Å². The lowest BCUT2D eigenvalue weighted by molar-refractivity contribution is -0.120.